The van der Waals surface area contributed by atoms with Crippen LogP contribution in [0.5, 0.6) is 0 Å². The minimum atomic E-state index is 0.211. The van der Waals surface area contributed by atoms with Gasteiger partial charge in [-0.25, -0.2) is 0 Å². The molecule has 0 aliphatic heterocycles. The number of hydrogen-bond acceptors (Lipinski definition) is 0. The Kier molecular flexibility index (Phi) is 9.83. The Balaban J connectivity index is 2.59. The van der Waals surface area contributed by atoms with E-state index in [1.165, 1.54) is 47.9 Å². The summed E-state index contributed by atoms with van der Waals surface area (Å²) in [6.45, 7) is 23.6. The van der Waals surface area contributed by atoms with Gasteiger partial charge in [0.2, 0.25) is 0 Å². The van der Waals surface area contributed by atoms with Crippen molar-refractivity contribution in [2.45, 2.75) is 125 Å². The molecule has 0 aromatic heterocycles. The standard InChI is InChI=1S/C33H52/c1-11-32(7,8)28-19-17-26(18-20-28)30-22-21-29(33(9,10)12-2)23-31(30)27(15-13-24(3)4)16-14-25(5)6/h17-25,27H,11-16H2,1-10H3. The monoisotopic (exact) mass is 448 g/mol. The second kappa shape index (κ2) is 11.7. The third-order valence-electron chi connectivity index (χ3n) is 8.20. The van der Waals surface area contributed by atoms with Crippen LogP contribution in [-0.4, -0.2) is 0 Å². The minimum absolute atomic E-state index is 0.211. The Hall–Kier alpha value is -1.56. The van der Waals surface area contributed by atoms with E-state index in [9.17, 15) is 0 Å². The third kappa shape index (κ3) is 7.46. The summed E-state index contributed by atoms with van der Waals surface area (Å²) in [6, 6.07) is 16.9. The van der Waals surface area contributed by atoms with Gasteiger partial charge in [0, 0.05) is 0 Å². The second-order valence-electron chi connectivity index (χ2n) is 12.5. The van der Waals surface area contributed by atoms with Crippen LogP contribution in [0.4, 0.5) is 0 Å². The number of hydrogen-bond donors (Lipinski definition) is 0. The van der Waals surface area contributed by atoms with E-state index in [2.05, 4.69) is 112 Å². The van der Waals surface area contributed by atoms with Gasteiger partial charge >= 0.3 is 0 Å². The quantitative estimate of drug-likeness (QED) is 0.303. The Morgan fingerprint density at radius 1 is 0.606 bits per heavy atom. The van der Waals surface area contributed by atoms with Gasteiger partial charge < -0.3 is 0 Å². The van der Waals surface area contributed by atoms with Crippen molar-refractivity contribution < 1.29 is 0 Å². The van der Waals surface area contributed by atoms with Crippen molar-refractivity contribution >= 4 is 0 Å². The Labute approximate surface area is 206 Å². The maximum atomic E-state index is 2.58. The molecule has 0 bridgehead atoms. The number of rotatable bonds is 12. The zero-order valence-corrected chi connectivity index (χ0v) is 23.5. The molecule has 2 aromatic carbocycles. The van der Waals surface area contributed by atoms with Crippen LogP contribution in [0.2, 0.25) is 0 Å². The highest BCUT2D eigenvalue weighted by atomic mass is 14.3. The molecule has 0 aliphatic rings. The molecule has 0 N–H and O–H groups in total. The van der Waals surface area contributed by atoms with Gasteiger partial charge in [-0.1, -0.05) is 125 Å². The first kappa shape index (κ1) is 27.7. The normalized spacial score (nSPS) is 12.9. The smallest absolute Gasteiger partial charge is 0.0106 e. The molecule has 2 aromatic rings. The summed E-state index contributed by atoms with van der Waals surface area (Å²) in [5.41, 5.74) is 7.78. The van der Waals surface area contributed by atoms with E-state index in [0.717, 1.165) is 24.7 Å². The molecule has 0 heteroatoms. The minimum Gasteiger partial charge on any atom is -0.0646 e. The molecule has 0 saturated carbocycles. The Bertz CT molecular complexity index is 836. The van der Waals surface area contributed by atoms with Crippen molar-refractivity contribution in [2.24, 2.45) is 11.8 Å². The van der Waals surface area contributed by atoms with Crippen LogP contribution in [-0.2, 0) is 10.8 Å². The van der Waals surface area contributed by atoms with Crippen LogP contribution >= 0.6 is 0 Å². The van der Waals surface area contributed by atoms with E-state index < -0.39 is 0 Å². The molecule has 0 heterocycles. The van der Waals surface area contributed by atoms with E-state index in [0.29, 0.717) is 5.92 Å². The van der Waals surface area contributed by atoms with Crippen molar-refractivity contribution in [3.05, 3.63) is 59.2 Å². The lowest BCUT2D eigenvalue weighted by atomic mass is 9.76. The lowest BCUT2D eigenvalue weighted by Gasteiger charge is -2.29. The molecule has 2 rings (SSSR count). The van der Waals surface area contributed by atoms with Crippen molar-refractivity contribution in [3.8, 4) is 11.1 Å². The molecular formula is C33H52. The maximum absolute atomic E-state index is 2.58. The first-order valence-electron chi connectivity index (χ1n) is 13.7. The molecule has 0 atom stereocenters. The molecule has 0 nitrogen and oxygen atoms in total. The van der Waals surface area contributed by atoms with Gasteiger partial charge in [0.05, 0.1) is 0 Å². The second-order valence-corrected chi connectivity index (χ2v) is 12.5. The SMILES string of the molecule is CCC(C)(C)c1ccc(-c2ccc(C(C)(C)CC)cc2C(CCC(C)C)CCC(C)C)cc1. The van der Waals surface area contributed by atoms with Crippen LogP contribution < -0.4 is 0 Å². The van der Waals surface area contributed by atoms with Crippen LogP contribution in [0, 0.1) is 11.8 Å². The van der Waals surface area contributed by atoms with E-state index in [1.807, 2.05) is 0 Å². The Morgan fingerprint density at radius 2 is 1.06 bits per heavy atom. The summed E-state index contributed by atoms with van der Waals surface area (Å²) >= 11 is 0. The molecule has 0 unspecified atom stereocenters. The van der Waals surface area contributed by atoms with Gasteiger partial charge in [-0.05, 0) is 82.1 Å². The van der Waals surface area contributed by atoms with Gasteiger partial charge in [-0.2, -0.15) is 0 Å². The summed E-state index contributed by atoms with van der Waals surface area (Å²) in [5, 5.41) is 0. The largest absolute Gasteiger partial charge is 0.0646 e. The highest BCUT2D eigenvalue weighted by molar-refractivity contribution is 5.69. The highest BCUT2D eigenvalue weighted by Crippen LogP contribution is 2.40. The molecular weight excluding hydrogens is 396 g/mol. The van der Waals surface area contributed by atoms with Gasteiger partial charge in [0.15, 0.2) is 0 Å². The predicted octanol–water partition coefficient (Wildman–Crippen LogP) is 10.7. The van der Waals surface area contributed by atoms with Crippen LogP contribution in [0.15, 0.2) is 42.5 Å². The zero-order chi connectivity index (χ0) is 24.8. The molecule has 0 radical (unpaired) electrons. The topological polar surface area (TPSA) is 0 Å². The van der Waals surface area contributed by atoms with E-state index in [-0.39, 0.29) is 10.8 Å². The van der Waals surface area contributed by atoms with Gasteiger partial charge in [0.1, 0.15) is 0 Å². The van der Waals surface area contributed by atoms with E-state index in [1.54, 1.807) is 5.56 Å². The zero-order valence-electron chi connectivity index (χ0n) is 23.5. The summed E-state index contributed by atoms with van der Waals surface area (Å²) < 4.78 is 0. The molecule has 0 saturated heterocycles. The maximum Gasteiger partial charge on any atom is -0.0106 e. The molecule has 0 fully saturated rings. The summed E-state index contributed by atoms with van der Waals surface area (Å²) in [5.74, 6) is 2.13. The fourth-order valence-corrected chi connectivity index (χ4v) is 4.62. The van der Waals surface area contributed by atoms with Gasteiger partial charge in [-0.15, -0.1) is 0 Å². The predicted molar refractivity (Wildman–Crippen MR) is 149 cm³/mol. The van der Waals surface area contributed by atoms with Crippen LogP contribution in [0.3, 0.4) is 0 Å². The third-order valence-corrected chi connectivity index (χ3v) is 8.20. The van der Waals surface area contributed by atoms with E-state index in [4.69, 9.17) is 0 Å². The average Bonchev–Trinajstić information content (AvgIpc) is 2.78. The average molecular weight is 449 g/mol. The first-order chi connectivity index (χ1) is 15.4. The first-order valence-corrected chi connectivity index (χ1v) is 13.7. The Morgan fingerprint density at radius 3 is 1.52 bits per heavy atom. The number of benzene rings is 2. The van der Waals surface area contributed by atoms with Crippen LogP contribution in [0.1, 0.15) is 130 Å². The van der Waals surface area contributed by atoms with Crippen molar-refractivity contribution in [2.75, 3.05) is 0 Å². The van der Waals surface area contributed by atoms with Crippen molar-refractivity contribution in [1.29, 1.82) is 0 Å². The van der Waals surface area contributed by atoms with Gasteiger partial charge in [0.25, 0.3) is 0 Å². The fraction of sp³-hybridized carbons (Fsp3) is 0.636. The molecule has 184 valence electrons. The molecule has 33 heavy (non-hydrogen) atoms. The fourth-order valence-electron chi connectivity index (χ4n) is 4.62. The summed E-state index contributed by atoms with van der Waals surface area (Å²) in [4.78, 5) is 0. The lowest BCUT2D eigenvalue weighted by molar-refractivity contribution is 0.440. The lowest BCUT2D eigenvalue weighted by Crippen LogP contribution is -2.17. The van der Waals surface area contributed by atoms with Crippen molar-refractivity contribution in [1.82, 2.24) is 0 Å². The summed E-state index contributed by atoms with van der Waals surface area (Å²) in [7, 11) is 0. The molecule has 0 amide bonds. The van der Waals surface area contributed by atoms with Crippen molar-refractivity contribution in [3.63, 3.8) is 0 Å². The summed E-state index contributed by atoms with van der Waals surface area (Å²) in [6.07, 6.45) is 7.49. The van der Waals surface area contributed by atoms with E-state index >= 15 is 0 Å². The highest BCUT2D eigenvalue weighted by Gasteiger charge is 2.24. The van der Waals surface area contributed by atoms with Crippen LogP contribution in [0.25, 0.3) is 11.1 Å². The molecule has 0 spiro atoms. The van der Waals surface area contributed by atoms with Gasteiger partial charge in [-0.3, -0.25) is 0 Å². The molecule has 0 aliphatic carbocycles.